The van der Waals surface area contributed by atoms with Crippen LogP contribution in [-0.2, 0) is 16.6 Å². The molecule has 0 N–H and O–H groups in total. The molecular weight excluding hydrogens is 266 g/mol. The topological polar surface area (TPSA) is 71.3 Å². The number of rotatable bonds is 5. The Hall–Kier alpha value is -0.990. The largest absolute Gasteiger partial charge is 0.300 e. The predicted octanol–water partition coefficient (Wildman–Crippen LogP) is -0.366. The van der Waals surface area contributed by atoms with Crippen molar-refractivity contribution in [3.8, 4) is 0 Å². The number of piperidine rings is 1. The van der Waals surface area contributed by atoms with Crippen LogP contribution in [0.2, 0.25) is 0 Å². The molecule has 1 unspecified atom stereocenters. The van der Waals surface area contributed by atoms with Crippen LogP contribution in [0.15, 0.2) is 12.4 Å². The van der Waals surface area contributed by atoms with E-state index < -0.39 is 10.0 Å². The van der Waals surface area contributed by atoms with Gasteiger partial charge < -0.3 is 0 Å². The highest BCUT2D eigenvalue weighted by molar-refractivity contribution is 7.88. The molecule has 108 valence electrons. The van der Waals surface area contributed by atoms with Crippen LogP contribution in [0.5, 0.6) is 0 Å². The second kappa shape index (κ2) is 5.98. The van der Waals surface area contributed by atoms with Gasteiger partial charge in [-0.1, -0.05) is 0 Å². The van der Waals surface area contributed by atoms with E-state index in [-0.39, 0.29) is 6.04 Å². The van der Waals surface area contributed by atoms with Crippen molar-refractivity contribution in [1.29, 1.82) is 0 Å². The van der Waals surface area contributed by atoms with Crippen LogP contribution < -0.4 is 0 Å². The van der Waals surface area contributed by atoms with E-state index in [1.807, 2.05) is 0 Å². The molecule has 1 aliphatic rings. The van der Waals surface area contributed by atoms with E-state index in [1.54, 1.807) is 24.2 Å². The first-order valence-electron chi connectivity index (χ1n) is 6.46. The maximum atomic E-state index is 11.6. The zero-order valence-electron chi connectivity index (χ0n) is 11.4. The SMILES string of the molecule is CN(C1CCCN(CCn2nccn2)C1)S(C)(=O)=O. The third-order valence-electron chi connectivity index (χ3n) is 3.60. The average molecular weight is 287 g/mol. The van der Waals surface area contributed by atoms with Crippen molar-refractivity contribution in [2.45, 2.75) is 25.4 Å². The fourth-order valence-corrected chi connectivity index (χ4v) is 3.11. The standard InChI is InChI=1S/C11H21N5O2S/c1-14(19(2,17)18)11-4-3-7-15(10-11)8-9-16-12-5-6-13-16/h5-6,11H,3-4,7-10H2,1-2H3. The summed E-state index contributed by atoms with van der Waals surface area (Å²) in [6, 6.07) is 0.0781. The third-order valence-corrected chi connectivity index (χ3v) is 4.95. The summed E-state index contributed by atoms with van der Waals surface area (Å²) in [7, 11) is -1.44. The van der Waals surface area contributed by atoms with E-state index in [0.717, 1.165) is 39.0 Å². The minimum Gasteiger partial charge on any atom is -0.300 e. The van der Waals surface area contributed by atoms with E-state index in [4.69, 9.17) is 0 Å². The molecular formula is C11H21N5O2S. The van der Waals surface area contributed by atoms with Crippen molar-refractivity contribution < 1.29 is 8.42 Å². The lowest BCUT2D eigenvalue weighted by Gasteiger charge is -2.36. The van der Waals surface area contributed by atoms with Gasteiger partial charge in [0, 0.05) is 26.2 Å². The van der Waals surface area contributed by atoms with Crippen LogP contribution in [0, 0.1) is 0 Å². The Bertz CT molecular complexity index is 487. The molecule has 0 bridgehead atoms. The third kappa shape index (κ3) is 3.99. The lowest BCUT2D eigenvalue weighted by Crippen LogP contribution is -2.48. The summed E-state index contributed by atoms with van der Waals surface area (Å²) in [6.07, 6.45) is 6.55. The molecule has 8 heteroatoms. The number of likely N-dealkylation sites (N-methyl/N-ethyl adjacent to an activating group) is 1. The highest BCUT2D eigenvalue weighted by Gasteiger charge is 2.27. The van der Waals surface area contributed by atoms with Gasteiger partial charge in [-0.25, -0.2) is 12.7 Å². The summed E-state index contributed by atoms with van der Waals surface area (Å²) in [5.74, 6) is 0. The molecule has 1 aliphatic heterocycles. The second-order valence-electron chi connectivity index (χ2n) is 5.00. The molecule has 2 rings (SSSR count). The molecule has 0 amide bonds. The molecule has 1 atom stereocenters. The van der Waals surface area contributed by atoms with E-state index in [1.165, 1.54) is 10.6 Å². The van der Waals surface area contributed by atoms with Gasteiger partial charge in [-0.05, 0) is 19.4 Å². The maximum Gasteiger partial charge on any atom is 0.211 e. The van der Waals surface area contributed by atoms with Gasteiger partial charge >= 0.3 is 0 Å². The summed E-state index contributed by atoms with van der Waals surface area (Å²) in [4.78, 5) is 3.93. The van der Waals surface area contributed by atoms with Crippen molar-refractivity contribution in [1.82, 2.24) is 24.2 Å². The van der Waals surface area contributed by atoms with Crippen LogP contribution >= 0.6 is 0 Å². The summed E-state index contributed by atoms with van der Waals surface area (Å²) in [6.45, 7) is 3.38. The van der Waals surface area contributed by atoms with Crippen LogP contribution in [-0.4, -0.2) is 71.6 Å². The van der Waals surface area contributed by atoms with Gasteiger partial charge in [0.05, 0.1) is 25.2 Å². The number of nitrogens with zero attached hydrogens (tertiary/aromatic N) is 5. The van der Waals surface area contributed by atoms with E-state index >= 15 is 0 Å². The van der Waals surface area contributed by atoms with Gasteiger partial charge in [-0.15, -0.1) is 0 Å². The Kier molecular flexibility index (Phi) is 4.54. The van der Waals surface area contributed by atoms with E-state index in [2.05, 4.69) is 15.1 Å². The number of likely N-dealkylation sites (tertiary alicyclic amines) is 1. The summed E-state index contributed by atoms with van der Waals surface area (Å²) < 4.78 is 24.6. The van der Waals surface area contributed by atoms with Gasteiger partial charge in [0.25, 0.3) is 0 Å². The molecule has 0 spiro atoms. The Labute approximate surface area is 114 Å². The molecule has 0 radical (unpaired) electrons. The Morgan fingerprint density at radius 3 is 2.63 bits per heavy atom. The van der Waals surface area contributed by atoms with Crippen molar-refractivity contribution in [3.05, 3.63) is 12.4 Å². The van der Waals surface area contributed by atoms with Crippen molar-refractivity contribution in [3.63, 3.8) is 0 Å². The number of sulfonamides is 1. The lowest BCUT2D eigenvalue weighted by atomic mass is 10.1. The number of aromatic nitrogens is 3. The first kappa shape index (κ1) is 14.4. The lowest BCUT2D eigenvalue weighted by molar-refractivity contribution is 0.152. The Morgan fingerprint density at radius 1 is 1.32 bits per heavy atom. The number of hydrogen-bond donors (Lipinski definition) is 0. The first-order valence-corrected chi connectivity index (χ1v) is 8.31. The van der Waals surface area contributed by atoms with Gasteiger partial charge in [0.1, 0.15) is 0 Å². The molecule has 0 aliphatic carbocycles. The highest BCUT2D eigenvalue weighted by atomic mass is 32.2. The van der Waals surface area contributed by atoms with Crippen molar-refractivity contribution >= 4 is 10.0 Å². The molecule has 2 heterocycles. The molecule has 0 aromatic carbocycles. The second-order valence-corrected chi connectivity index (χ2v) is 7.04. The van der Waals surface area contributed by atoms with Crippen LogP contribution in [0.4, 0.5) is 0 Å². The fraction of sp³-hybridized carbons (Fsp3) is 0.818. The molecule has 7 nitrogen and oxygen atoms in total. The van der Waals surface area contributed by atoms with Crippen molar-refractivity contribution in [2.75, 3.05) is 32.9 Å². The quantitative estimate of drug-likeness (QED) is 0.739. The molecule has 19 heavy (non-hydrogen) atoms. The molecule has 1 saturated heterocycles. The predicted molar refractivity (Wildman–Crippen MR) is 72.1 cm³/mol. The maximum absolute atomic E-state index is 11.6. The van der Waals surface area contributed by atoms with E-state index in [9.17, 15) is 8.42 Å². The minimum atomic E-state index is -3.11. The minimum absolute atomic E-state index is 0.0781. The smallest absolute Gasteiger partial charge is 0.211 e. The molecule has 1 aromatic heterocycles. The summed E-state index contributed by atoms with van der Waals surface area (Å²) in [5.41, 5.74) is 0. The van der Waals surface area contributed by atoms with Crippen LogP contribution in [0.1, 0.15) is 12.8 Å². The Balaban J connectivity index is 1.87. The Morgan fingerprint density at radius 2 is 2.00 bits per heavy atom. The molecule has 1 aromatic rings. The zero-order chi connectivity index (χ0) is 13.9. The van der Waals surface area contributed by atoms with E-state index in [0.29, 0.717) is 0 Å². The number of hydrogen-bond acceptors (Lipinski definition) is 5. The van der Waals surface area contributed by atoms with Gasteiger partial charge in [0.2, 0.25) is 10.0 Å². The normalized spacial score (nSPS) is 21.9. The molecule has 1 fully saturated rings. The first-order chi connectivity index (χ1) is 8.97. The van der Waals surface area contributed by atoms with Gasteiger partial charge in [-0.3, -0.25) is 4.90 Å². The summed E-state index contributed by atoms with van der Waals surface area (Å²) in [5, 5.41) is 8.13. The van der Waals surface area contributed by atoms with Gasteiger partial charge in [-0.2, -0.15) is 15.0 Å². The van der Waals surface area contributed by atoms with Crippen LogP contribution in [0.3, 0.4) is 0 Å². The van der Waals surface area contributed by atoms with Crippen LogP contribution in [0.25, 0.3) is 0 Å². The van der Waals surface area contributed by atoms with Gasteiger partial charge in [0.15, 0.2) is 0 Å². The highest BCUT2D eigenvalue weighted by Crippen LogP contribution is 2.16. The fourth-order valence-electron chi connectivity index (χ4n) is 2.39. The molecule has 0 saturated carbocycles. The monoisotopic (exact) mass is 287 g/mol. The average Bonchev–Trinajstić information content (AvgIpc) is 2.88. The summed E-state index contributed by atoms with van der Waals surface area (Å²) >= 11 is 0. The van der Waals surface area contributed by atoms with Crippen molar-refractivity contribution in [2.24, 2.45) is 0 Å². The zero-order valence-corrected chi connectivity index (χ0v) is 12.3.